The average molecular weight is 459 g/mol. The number of rotatable bonds is 8. The van der Waals surface area contributed by atoms with Crippen LogP contribution >= 0.6 is 0 Å². The largest absolute Gasteiger partial charge is 0.465 e. The van der Waals surface area contributed by atoms with Gasteiger partial charge in [-0.1, -0.05) is 18.6 Å². The lowest BCUT2D eigenvalue weighted by Crippen LogP contribution is -2.31. The molecule has 0 saturated carbocycles. The molecule has 1 aliphatic heterocycles. The van der Waals surface area contributed by atoms with E-state index < -0.39 is 0 Å². The zero-order chi connectivity index (χ0) is 23.3. The van der Waals surface area contributed by atoms with Crippen molar-refractivity contribution in [1.29, 1.82) is 0 Å². The number of esters is 1. The van der Waals surface area contributed by atoms with Gasteiger partial charge in [-0.2, -0.15) is 0 Å². The highest BCUT2D eigenvalue weighted by Crippen LogP contribution is 2.31. The molecule has 1 saturated heterocycles. The van der Waals surface area contributed by atoms with Crippen molar-refractivity contribution in [1.82, 2.24) is 24.8 Å². The van der Waals surface area contributed by atoms with Gasteiger partial charge in [0.05, 0.1) is 24.5 Å². The molecule has 0 bridgehead atoms. The number of aromatic amines is 1. The lowest BCUT2D eigenvalue weighted by atomic mass is 10.1. The van der Waals surface area contributed by atoms with Gasteiger partial charge >= 0.3 is 5.97 Å². The van der Waals surface area contributed by atoms with Crippen LogP contribution in [0.1, 0.15) is 47.6 Å². The zero-order valence-corrected chi connectivity index (χ0v) is 19.5. The van der Waals surface area contributed by atoms with Crippen LogP contribution in [-0.2, 0) is 11.2 Å². The Morgan fingerprint density at radius 1 is 1.15 bits per heavy atom. The van der Waals surface area contributed by atoms with E-state index in [9.17, 15) is 4.79 Å². The maximum atomic E-state index is 12.0. The maximum Gasteiger partial charge on any atom is 0.337 e. The van der Waals surface area contributed by atoms with Gasteiger partial charge in [0, 0.05) is 29.3 Å². The predicted octanol–water partition coefficient (Wildman–Crippen LogP) is 4.17. The van der Waals surface area contributed by atoms with Crippen molar-refractivity contribution in [3.63, 3.8) is 0 Å². The maximum absolute atomic E-state index is 12.0. The van der Waals surface area contributed by atoms with Crippen molar-refractivity contribution in [2.75, 3.05) is 38.6 Å². The number of nitrogens with one attached hydrogen (secondary N) is 2. The number of anilines is 1. The number of aromatic nitrogens is 4. The lowest BCUT2D eigenvalue weighted by molar-refractivity contribution is 0.0601. The van der Waals surface area contributed by atoms with E-state index in [0.29, 0.717) is 17.8 Å². The lowest BCUT2D eigenvalue weighted by Gasteiger charge is -2.26. The van der Waals surface area contributed by atoms with E-state index in [-0.39, 0.29) is 5.97 Å². The Morgan fingerprint density at radius 2 is 2.03 bits per heavy atom. The fourth-order valence-electron chi connectivity index (χ4n) is 4.65. The minimum Gasteiger partial charge on any atom is -0.465 e. The molecule has 2 N–H and O–H groups in total. The smallest absolute Gasteiger partial charge is 0.337 e. The van der Waals surface area contributed by atoms with Gasteiger partial charge in [-0.3, -0.25) is 4.98 Å². The number of H-pyrrole nitrogens is 1. The third-order valence-electron chi connectivity index (χ3n) is 6.38. The normalized spacial score (nSPS) is 14.5. The summed E-state index contributed by atoms with van der Waals surface area (Å²) in [4.78, 5) is 32.1. The zero-order valence-electron chi connectivity index (χ0n) is 19.5. The van der Waals surface area contributed by atoms with Crippen LogP contribution in [-0.4, -0.2) is 64.1 Å². The number of likely N-dealkylation sites (tertiary alicyclic amines) is 1. The molecule has 4 aromatic rings. The van der Waals surface area contributed by atoms with E-state index >= 15 is 0 Å². The van der Waals surface area contributed by atoms with E-state index in [1.807, 2.05) is 24.3 Å². The second-order valence-corrected chi connectivity index (χ2v) is 8.77. The molecule has 0 spiro atoms. The van der Waals surface area contributed by atoms with Crippen LogP contribution in [0.3, 0.4) is 0 Å². The van der Waals surface area contributed by atoms with Crippen LogP contribution in [0, 0.1) is 0 Å². The molecule has 4 heterocycles. The predicted molar refractivity (Wildman–Crippen MR) is 133 cm³/mol. The summed E-state index contributed by atoms with van der Waals surface area (Å²) in [6.45, 7) is 4.34. The molecule has 1 aliphatic rings. The summed E-state index contributed by atoms with van der Waals surface area (Å²) >= 11 is 0. The Morgan fingerprint density at radius 3 is 2.82 bits per heavy atom. The molecule has 1 fully saturated rings. The molecule has 0 aliphatic carbocycles. The first-order chi connectivity index (χ1) is 16.7. The molecule has 0 radical (unpaired) electrons. The van der Waals surface area contributed by atoms with Gasteiger partial charge in [0.15, 0.2) is 0 Å². The first-order valence-electron chi connectivity index (χ1n) is 12.0. The third-order valence-corrected chi connectivity index (χ3v) is 6.38. The van der Waals surface area contributed by atoms with Crippen molar-refractivity contribution < 1.29 is 9.53 Å². The molecule has 34 heavy (non-hydrogen) atoms. The summed E-state index contributed by atoms with van der Waals surface area (Å²) in [5, 5.41) is 5.49. The Hall–Kier alpha value is -3.52. The molecule has 3 aromatic heterocycles. The molecule has 0 atom stereocenters. The molecule has 5 rings (SSSR count). The Bertz CT molecular complexity index is 1280. The first-order valence-corrected chi connectivity index (χ1v) is 12.0. The van der Waals surface area contributed by atoms with Gasteiger partial charge in [-0.05, 0) is 63.2 Å². The Balaban J connectivity index is 1.45. The van der Waals surface area contributed by atoms with Gasteiger partial charge in [-0.15, -0.1) is 0 Å². The summed E-state index contributed by atoms with van der Waals surface area (Å²) in [6.07, 6.45) is 7.34. The molecular formula is C26H30N6O2. The number of methoxy groups -OCH3 is 1. The number of hydrogen-bond donors (Lipinski definition) is 2. The van der Waals surface area contributed by atoms with Gasteiger partial charge < -0.3 is 19.9 Å². The van der Waals surface area contributed by atoms with E-state index in [1.54, 1.807) is 18.3 Å². The van der Waals surface area contributed by atoms with Crippen LogP contribution in [0.4, 0.5) is 5.82 Å². The van der Waals surface area contributed by atoms with Gasteiger partial charge in [0.2, 0.25) is 0 Å². The number of benzene rings is 1. The monoisotopic (exact) mass is 458 g/mol. The SMILES string of the molecule is COC(=O)c1ccc2c(c1)[nH]c1nc(Cc3ccccn3)nc(NCCCN3CCCCC3)c12. The number of carbonyl (C=O) groups excluding carboxylic acids is 1. The molecule has 8 nitrogen and oxygen atoms in total. The van der Waals surface area contributed by atoms with Gasteiger partial charge in [0.1, 0.15) is 17.3 Å². The number of fused-ring (bicyclic) bond motifs is 3. The highest BCUT2D eigenvalue weighted by atomic mass is 16.5. The summed E-state index contributed by atoms with van der Waals surface area (Å²) in [5.74, 6) is 1.15. The number of nitrogens with zero attached hydrogens (tertiary/aromatic N) is 4. The fourth-order valence-corrected chi connectivity index (χ4v) is 4.65. The third kappa shape index (κ3) is 4.87. The van der Waals surface area contributed by atoms with Crippen molar-refractivity contribution >= 4 is 33.7 Å². The fraction of sp³-hybridized carbons (Fsp3) is 0.385. The highest BCUT2D eigenvalue weighted by molar-refractivity contribution is 6.12. The van der Waals surface area contributed by atoms with Crippen molar-refractivity contribution in [3.05, 3.63) is 59.7 Å². The van der Waals surface area contributed by atoms with Gasteiger partial charge in [-0.25, -0.2) is 14.8 Å². The number of carbonyl (C=O) groups is 1. The Kier molecular flexibility index (Phi) is 6.67. The van der Waals surface area contributed by atoms with Crippen molar-refractivity contribution in [3.8, 4) is 0 Å². The van der Waals surface area contributed by atoms with Crippen LogP contribution < -0.4 is 5.32 Å². The van der Waals surface area contributed by atoms with E-state index in [2.05, 4.69) is 20.2 Å². The first kappa shape index (κ1) is 22.3. The molecular weight excluding hydrogens is 428 g/mol. The second-order valence-electron chi connectivity index (χ2n) is 8.77. The molecule has 8 heteroatoms. The standard InChI is InChI=1S/C26H30N6O2/c1-34-26(33)18-9-10-20-21(16-18)29-25-23(20)24(28-12-7-15-32-13-5-2-6-14-32)30-22(31-25)17-19-8-3-4-11-27-19/h3-4,8-11,16H,2,5-7,12-15,17H2,1H3,(H2,28,29,30,31). The Labute approximate surface area is 198 Å². The number of pyridine rings is 1. The summed E-state index contributed by atoms with van der Waals surface area (Å²) in [6, 6.07) is 11.4. The average Bonchev–Trinajstić information content (AvgIpc) is 3.25. The van der Waals surface area contributed by atoms with Gasteiger partial charge in [0.25, 0.3) is 0 Å². The quantitative estimate of drug-likeness (QED) is 0.302. The number of hydrogen-bond acceptors (Lipinski definition) is 7. The van der Waals surface area contributed by atoms with Crippen molar-refractivity contribution in [2.45, 2.75) is 32.1 Å². The number of ether oxygens (including phenoxy) is 1. The van der Waals surface area contributed by atoms with E-state index in [0.717, 1.165) is 53.0 Å². The molecule has 176 valence electrons. The number of piperidine rings is 1. The summed E-state index contributed by atoms with van der Waals surface area (Å²) < 4.78 is 4.88. The molecule has 0 amide bonds. The highest BCUT2D eigenvalue weighted by Gasteiger charge is 2.17. The summed E-state index contributed by atoms with van der Waals surface area (Å²) in [7, 11) is 1.39. The van der Waals surface area contributed by atoms with Crippen LogP contribution in [0.2, 0.25) is 0 Å². The molecule has 1 aromatic carbocycles. The minimum absolute atomic E-state index is 0.362. The van der Waals surface area contributed by atoms with Crippen molar-refractivity contribution in [2.24, 2.45) is 0 Å². The van der Waals surface area contributed by atoms with Crippen LogP contribution in [0.15, 0.2) is 42.6 Å². The van der Waals surface area contributed by atoms with Crippen LogP contribution in [0.5, 0.6) is 0 Å². The second kappa shape index (κ2) is 10.2. The van der Waals surface area contributed by atoms with Crippen LogP contribution in [0.25, 0.3) is 21.9 Å². The minimum atomic E-state index is -0.362. The van der Waals surface area contributed by atoms with E-state index in [1.165, 1.54) is 39.5 Å². The molecule has 0 unspecified atom stereocenters. The topological polar surface area (TPSA) is 96.0 Å². The summed E-state index contributed by atoms with van der Waals surface area (Å²) in [5.41, 5.74) is 3.00. The van der Waals surface area contributed by atoms with E-state index in [4.69, 9.17) is 14.7 Å².